The zero-order chi connectivity index (χ0) is 13.5. The highest BCUT2D eigenvalue weighted by atomic mass is 19.4. The second kappa shape index (κ2) is 4.08. The minimum Gasteiger partial charge on any atom is -0.454 e. The van der Waals surface area contributed by atoms with Crippen molar-refractivity contribution in [1.29, 1.82) is 0 Å². The van der Waals surface area contributed by atoms with Crippen LogP contribution in [0, 0.1) is 6.92 Å². The fourth-order valence-corrected chi connectivity index (χ4v) is 1.69. The number of fused-ring (bicyclic) bond motifs is 1. The Morgan fingerprint density at radius 1 is 1.28 bits per heavy atom. The van der Waals surface area contributed by atoms with Crippen LogP contribution >= 0.6 is 0 Å². The highest BCUT2D eigenvalue weighted by Gasteiger charge is 2.42. The number of hydrogen-bond acceptors (Lipinski definition) is 3. The minimum atomic E-state index is -4.91. The van der Waals surface area contributed by atoms with E-state index in [-0.39, 0.29) is 12.5 Å². The fraction of sp³-hybridized carbons (Fsp3) is 0.364. The summed E-state index contributed by atoms with van der Waals surface area (Å²) in [6.45, 7) is 1.62. The van der Waals surface area contributed by atoms with Gasteiger partial charge in [-0.05, 0) is 18.6 Å². The Morgan fingerprint density at radius 2 is 1.83 bits per heavy atom. The van der Waals surface area contributed by atoms with E-state index < -0.39 is 12.1 Å². The Bertz CT molecular complexity index is 499. The Kier molecular flexibility index (Phi) is 2.84. The van der Waals surface area contributed by atoms with Gasteiger partial charge in [0.1, 0.15) is 0 Å². The molecule has 0 atom stereocenters. The average Bonchev–Trinajstić information content (AvgIpc) is 2.71. The number of amides is 1. The highest BCUT2D eigenvalue weighted by molar-refractivity contribution is 5.97. The molecule has 7 heteroatoms. The van der Waals surface area contributed by atoms with Gasteiger partial charge in [0.25, 0.3) is 0 Å². The van der Waals surface area contributed by atoms with Crippen LogP contribution in [-0.2, 0) is 4.79 Å². The van der Waals surface area contributed by atoms with Crippen LogP contribution < -0.4 is 14.4 Å². The van der Waals surface area contributed by atoms with Gasteiger partial charge in [-0.1, -0.05) is 0 Å². The van der Waals surface area contributed by atoms with Crippen molar-refractivity contribution in [2.24, 2.45) is 0 Å². The lowest BCUT2D eigenvalue weighted by Crippen LogP contribution is -2.38. The molecule has 0 N–H and O–H groups in total. The lowest BCUT2D eigenvalue weighted by Gasteiger charge is -2.21. The number of ether oxygens (including phenoxy) is 2. The predicted octanol–water partition coefficient (Wildman–Crippen LogP) is 2.25. The molecule has 98 valence electrons. The quantitative estimate of drug-likeness (QED) is 0.778. The van der Waals surface area contributed by atoms with Gasteiger partial charge < -0.3 is 14.4 Å². The Balaban J connectivity index is 2.37. The molecule has 0 aromatic heterocycles. The lowest BCUT2D eigenvalue weighted by molar-refractivity contribution is -0.170. The summed E-state index contributed by atoms with van der Waals surface area (Å²) >= 11 is 0. The molecule has 2 rings (SSSR count). The van der Waals surface area contributed by atoms with E-state index in [2.05, 4.69) is 0 Å². The maximum atomic E-state index is 12.3. The van der Waals surface area contributed by atoms with Gasteiger partial charge in [0.15, 0.2) is 11.5 Å². The van der Waals surface area contributed by atoms with Crippen molar-refractivity contribution in [1.82, 2.24) is 0 Å². The van der Waals surface area contributed by atoms with Crippen molar-refractivity contribution in [3.63, 3.8) is 0 Å². The normalized spacial score (nSPS) is 13.6. The standard InChI is InChI=1S/C11H10F3NO3/c1-6-3-8-9(18-5-17-8)4-7(6)15(2)10(16)11(12,13)14/h3-4H,5H2,1-2H3. The van der Waals surface area contributed by atoms with Gasteiger partial charge in [-0.25, -0.2) is 0 Å². The summed E-state index contributed by atoms with van der Waals surface area (Å²) in [7, 11) is 1.07. The van der Waals surface area contributed by atoms with Crippen LogP contribution in [0.15, 0.2) is 12.1 Å². The zero-order valence-corrected chi connectivity index (χ0v) is 9.67. The average molecular weight is 261 g/mol. The molecular weight excluding hydrogens is 251 g/mol. The van der Waals surface area contributed by atoms with Crippen LogP contribution in [0.1, 0.15) is 5.56 Å². The topological polar surface area (TPSA) is 38.8 Å². The molecule has 0 radical (unpaired) electrons. The van der Waals surface area contributed by atoms with Gasteiger partial charge in [-0.2, -0.15) is 13.2 Å². The van der Waals surface area contributed by atoms with Crippen LogP contribution in [-0.4, -0.2) is 25.9 Å². The summed E-state index contributed by atoms with van der Waals surface area (Å²) in [5.41, 5.74) is 0.640. The van der Waals surface area contributed by atoms with E-state index in [9.17, 15) is 18.0 Å². The largest absolute Gasteiger partial charge is 0.471 e. The van der Waals surface area contributed by atoms with Crippen LogP contribution in [0.3, 0.4) is 0 Å². The Labute approximate surface area is 101 Å². The van der Waals surface area contributed by atoms with Crippen molar-refractivity contribution in [2.45, 2.75) is 13.1 Å². The van der Waals surface area contributed by atoms with Crippen molar-refractivity contribution < 1.29 is 27.4 Å². The van der Waals surface area contributed by atoms with E-state index in [0.29, 0.717) is 22.0 Å². The zero-order valence-electron chi connectivity index (χ0n) is 9.67. The summed E-state index contributed by atoms with van der Waals surface area (Å²) in [4.78, 5) is 11.7. The SMILES string of the molecule is Cc1cc2c(cc1N(C)C(=O)C(F)(F)F)OCO2. The molecule has 0 spiro atoms. The minimum absolute atomic E-state index is 0.0230. The second-order valence-corrected chi connectivity index (χ2v) is 3.85. The molecule has 0 bridgehead atoms. The van der Waals surface area contributed by atoms with Gasteiger partial charge >= 0.3 is 12.1 Å². The summed E-state index contributed by atoms with van der Waals surface area (Å²) in [5, 5.41) is 0. The van der Waals surface area contributed by atoms with Crippen molar-refractivity contribution in [2.75, 3.05) is 18.7 Å². The van der Waals surface area contributed by atoms with Crippen molar-refractivity contribution >= 4 is 11.6 Å². The number of nitrogens with zero attached hydrogens (tertiary/aromatic N) is 1. The van der Waals surface area contributed by atoms with E-state index in [1.165, 1.54) is 12.1 Å². The third-order valence-electron chi connectivity index (χ3n) is 2.60. The highest BCUT2D eigenvalue weighted by Crippen LogP contribution is 2.38. The van der Waals surface area contributed by atoms with E-state index in [1.807, 2.05) is 0 Å². The molecule has 4 nitrogen and oxygen atoms in total. The number of benzene rings is 1. The number of carbonyl (C=O) groups excluding carboxylic acids is 1. The molecule has 1 aromatic carbocycles. The molecule has 0 saturated heterocycles. The van der Waals surface area contributed by atoms with E-state index in [0.717, 1.165) is 7.05 Å². The van der Waals surface area contributed by atoms with E-state index >= 15 is 0 Å². The van der Waals surface area contributed by atoms with Crippen molar-refractivity contribution in [3.05, 3.63) is 17.7 Å². The maximum absolute atomic E-state index is 12.3. The van der Waals surface area contributed by atoms with Crippen LogP contribution in [0.5, 0.6) is 11.5 Å². The van der Waals surface area contributed by atoms with Crippen LogP contribution in [0.2, 0.25) is 0 Å². The summed E-state index contributed by atoms with van der Waals surface area (Å²) in [6.07, 6.45) is -4.91. The molecular formula is C11H10F3NO3. The van der Waals surface area contributed by atoms with Gasteiger partial charge in [-0.15, -0.1) is 0 Å². The lowest BCUT2D eigenvalue weighted by atomic mass is 10.1. The number of anilines is 1. The van der Waals surface area contributed by atoms with Gasteiger partial charge in [-0.3, -0.25) is 4.79 Å². The number of rotatable bonds is 1. The molecule has 0 aliphatic carbocycles. The van der Waals surface area contributed by atoms with E-state index in [1.54, 1.807) is 6.92 Å². The summed E-state index contributed by atoms with van der Waals surface area (Å²) in [6, 6.07) is 2.90. The molecule has 0 saturated carbocycles. The predicted molar refractivity (Wildman–Crippen MR) is 56.8 cm³/mol. The first-order valence-corrected chi connectivity index (χ1v) is 5.06. The Morgan fingerprint density at radius 3 is 2.39 bits per heavy atom. The van der Waals surface area contributed by atoms with Crippen LogP contribution in [0.25, 0.3) is 0 Å². The number of hydrogen-bond donors (Lipinski definition) is 0. The van der Waals surface area contributed by atoms with E-state index in [4.69, 9.17) is 9.47 Å². The molecule has 0 unspecified atom stereocenters. The third kappa shape index (κ3) is 2.07. The van der Waals surface area contributed by atoms with Gasteiger partial charge in [0.2, 0.25) is 6.79 Å². The third-order valence-corrected chi connectivity index (χ3v) is 2.60. The number of alkyl halides is 3. The molecule has 1 aliphatic rings. The fourth-order valence-electron chi connectivity index (χ4n) is 1.69. The molecule has 1 aliphatic heterocycles. The number of aryl methyl sites for hydroxylation is 1. The Hall–Kier alpha value is -1.92. The molecule has 18 heavy (non-hydrogen) atoms. The first kappa shape index (κ1) is 12.5. The smallest absolute Gasteiger partial charge is 0.454 e. The van der Waals surface area contributed by atoms with Crippen molar-refractivity contribution in [3.8, 4) is 11.5 Å². The summed E-state index contributed by atoms with van der Waals surface area (Å²) < 4.78 is 47.2. The molecule has 1 heterocycles. The number of carbonyl (C=O) groups is 1. The van der Waals surface area contributed by atoms with Gasteiger partial charge in [0, 0.05) is 13.1 Å². The second-order valence-electron chi connectivity index (χ2n) is 3.85. The monoisotopic (exact) mass is 261 g/mol. The molecule has 1 aromatic rings. The first-order valence-electron chi connectivity index (χ1n) is 5.06. The molecule has 0 fully saturated rings. The maximum Gasteiger partial charge on any atom is 0.471 e. The first-order chi connectivity index (χ1) is 8.30. The molecule has 1 amide bonds. The van der Waals surface area contributed by atoms with Crippen LogP contribution in [0.4, 0.5) is 18.9 Å². The summed E-state index contributed by atoms with van der Waals surface area (Å²) in [5.74, 6) is -1.13. The van der Waals surface area contributed by atoms with Gasteiger partial charge in [0.05, 0.1) is 5.69 Å². The number of halogens is 3.